The second-order valence-corrected chi connectivity index (χ2v) is 6.54. The first-order valence-corrected chi connectivity index (χ1v) is 9.13. The molecule has 27 heavy (non-hydrogen) atoms. The van der Waals surface area contributed by atoms with E-state index in [1.165, 1.54) is 0 Å². The average molecular weight is 376 g/mol. The normalized spacial score (nSPS) is 15.7. The van der Waals surface area contributed by atoms with E-state index in [0.717, 1.165) is 29.9 Å². The molecule has 0 aliphatic heterocycles. The van der Waals surface area contributed by atoms with Gasteiger partial charge in [0.05, 0.1) is 5.69 Å². The first kappa shape index (κ1) is 19.2. The predicted octanol–water partition coefficient (Wildman–Crippen LogP) is 4.80. The number of nitrogens with zero attached hydrogens (tertiary/aromatic N) is 3. The number of allylic oxidation sites excluding steroid dienone is 1. The smallest absolute Gasteiger partial charge is 0.372 e. The average Bonchev–Trinajstić information content (AvgIpc) is 2.63. The van der Waals surface area contributed by atoms with Gasteiger partial charge in [0.25, 0.3) is 0 Å². The Morgan fingerprint density at radius 3 is 2.33 bits per heavy atom. The lowest BCUT2D eigenvalue weighted by Crippen LogP contribution is -2.21. The molecule has 2 aromatic rings. The number of halogens is 3. The van der Waals surface area contributed by atoms with Crippen LogP contribution in [-0.2, 0) is 12.6 Å². The van der Waals surface area contributed by atoms with Crippen molar-refractivity contribution in [2.45, 2.75) is 39.3 Å². The molecule has 0 fully saturated rings. The molecule has 3 rings (SSSR count). The molecule has 0 saturated heterocycles. The molecule has 2 N–H and O–H groups in total. The van der Waals surface area contributed by atoms with Crippen LogP contribution < -0.4 is 10.6 Å². The van der Waals surface area contributed by atoms with Crippen LogP contribution in [0.1, 0.15) is 49.2 Å². The van der Waals surface area contributed by atoms with Crippen molar-refractivity contribution in [1.29, 1.82) is 0 Å². The maximum absolute atomic E-state index is 13.3. The lowest BCUT2D eigenvalue weighted by Gasteiger charge is -2.22. The molecule has 0 radical (unpaired) electrons. The number of hydrogen-bond acceptors (Lipinski definition) is 4. The molecular weight excluding hydrogens is 353 g/mol. The van der Waals surface area contributed by atoms with Gasteiger partial charge in [-0.15, -0.1) is 0 Å². The van der Waals surface area contributed by atoms with Crippen LogP contribution in [0.2, 0.25) is 0 Å². The molecule has 0 atom stereocenters. The van der Waals surface area contributed by atoms with Crippen LogP contribution in [0.4, 0.5) is 24.8 Å². The fraction of sp³-hybridized carbons (Fsp3) is 0.400. The van der Waals surface area contributed by atoms with Gasteiger partial charge >= 0.3 is 6.18 Å². The second kappa shape index (κ2) is 7.58. The fourth-order valence-electron chi connectivity index (χ4n) is 3.52. The van der Waals surface area contributed by atoms with Gasteiger partial charge in [0.1, 0.15) is 0 Å². The monoisotopic (exact) mass is 376 g/mol. The first-order chi connectivity index (χ1) is 12.8. The fourth-order valence-corrected chi connectivity index (χ4v) is 3.52. The predicted molar refractivity (Wildman–Crippen MR) is 102 cm³/mol. The van der Waals surface area contributed by atoms with Crippen molar-refractivity contribution in [3.05, 3.63) is 46.8 Å². The van der Waals surface area contributed by atoms with Crippen molar-refractivity contribution >= 4 is 23.3 Å². The number of nitrogen functional groups attached to an aromatic ring is 1. The highest BCUT2D eigenvalue weighted by atomic mass is 19.4. The van der Waals surface area contributed by atoms with Crippen LogP contribution in [0.25, 0.3) is 11.6 Å². The minimum absolute atomic E-state index is 0.147. The summed E-state index contributed by atoms with van der Waals surface area (Å²) in [5.41, 5.74) is 7.95. The third-order valence-electron chi connectivity index (χ3n) is 4.83. The van der Waals surface area contributed by atoms with Gasteiger partial charge in [-0.05, 0) is 62.5 Å². The van der Waals surface area contributed by atoms with Crippen molar-refractivity contribution in [3.63, 3.8) is 0 Å². The van der Waals surface area contributed by atoms with E-state index in [4.69, 9.17) is 5.73 Å². The molecule has 4 nitrogen and oxygen atoms in total. The Balaban J connectivity index is 2.00. The molecule has 1 heterocycles. The SMILES string of the molecule is CCN(CC)c1ccc(/C=C2\CCCc3c2nc(N)nc3C(F)(F)F)cc1. The van der Waals surface area contributed by atoms with Gasteiger partial charge in [-0.1, -0.05) is 12.1 Å². The molecule has 0 unspecified atom stereocenters. The van der Waals surface area contributed by atoms with Crippen LogP contribution in [0.5, 0.6) is 0 Å². The molecule has 0 saturated carbocycles. The van der Waals surface area contributed by atoms with Crippen LogP contribution in [0, 0.1) is 0 Å². The van der Waals surface area contributed by atoms with Crippen molar-refractivity contribution in [3.8, 4) is 0 Å². The molecule has 1 aliphatic carbocycles. The Labute approximate surface area is 156 Å². The minimum Gasteiger partial charge on any atom is -0.372 e. The zero-order valence-electron chi connectivity index (χ0n) is 15.5. The van der Waals surface area contributed by atoms with Gasteiger partial charge in [-0.2, -0.15) is 13.2 Å². The zero-order chi connectivity index (χ0) is 19.6. The van der Waals surface area contributed by atoms with Crippen LogP contribution in [-0.4, -0.2) is 23.1 Å². The summed E-state index contributed by atoms with van der Waals surface area (Å²) < 4.78 is 40.0. The molecule has 144 valence electrons. The Morgan fingerprint density at radius 1 is 1.07 bits per heavy atom. The van der Waals surface area contributed by atoms with Crippen LogP contribution in [0.3, 0.4) is 0 Å². The lowest BCUT2D eigenvalue weighted by molar-refractivity contribution is -0.141. The van der Waals surface area contributed by atoms with E-state index in [1.54, 1.807) is 0 Å². The van der Waals surface area contributed by atoms with Crippen molar-refractivity contribution < 1.29 is 13.2 Å². The molecule has 0 spiro atoms. The number of nitrogens with two attached hydrogens (primary N) is 1. The van der Waals surface area contributed by atoms with Gasteiger partial charge in [0, 0.05) is 24.3 Å². The van der Waals surface area contributed by atoms with Gasteiger partial charge in [0.2, 0.25) is 5.95 Å². The van der Waals surface area contributed by atoms with E-state index in [1.807, 2.05) is 30.3 Å². The lowest BCUT2D eigenvalue weighted by atomic mass is 9.89. The standard InChI is InChI=1S/C20H23F3N4/c1-3-27(4-2)15-10-8-13(9-11-15)12-14-6-5-7-16-17(14)25-19(24)26-18(16)20(21,22)23/h8-12H,3-7H2,1-2H3,(H2,24,25,26)/b14-12+. The summed E-state index contributed by atoms with van der Waals surface area (Å²) >= 11 is 0. The van der Waals surface area contributed by atoms with E-state index in [2.05, 4.69) is 28.7 Å². The third kappa shape index (κ3) is 4.07. The maximum Gasteiger partial charge on any atom is 0.433 e. The maximum atomic E-state index is 13.3. The number of rotatable bonds is 4. The van der Waals surface area contributed by atoms with Crippen molar-refractivity contribution in [1.82, 2.24) is 9.97 Å². The van der Waals surface area contributed by atoms with Crippen molar-refractivity contribution in [2.24, 2.45) is 0 Å². The number of anilines is 2. The van der Waals surface area contributed by atoms with Crippen molar-refractivity contribution in [2.75, 3.05) is 23.7 Å². The highest BCUT2D eigenvalue weighted by Crippen LogP contribution is 2.39. The third-order valence-corrected chi connectivity index (χ3v) is 4.83. The molecule has 1 aliphatic rings. The Bertz CT molecular complexity index is 838. The number of benzene rings is 1. The quantitative estimate of drug-likeness (QED) is 0.833. The molecule has 1 aromatic carbocycles. The Kier molecular flexibility index (Phi) is 5.39. The number of alkyl halides is 3. The summed E-state index contributed by atoms with van der Waals surface area (Å²) in [6, 6.07) is 8.01. The van der Waals surface area contributed by atoms with E-state index < -0.39 is 11.9 Å². The Morgan fingerprint density at radius 2 is 1.74 bits per heavy atom. The number of aromatic nitrogens is 2. The zero-order valence-corrected chi connectivity index (χ0v) is 15.5. The molecule has 7 heteroatoms. The summed E-state index contributed by atoms with van der Waals surface area (Å²) in [7, 11) is 0. The van der Waals surface area contributed by atoms with E-state index >= 15 is 0 Å². The molecule has 0 bridgehead atoms. The van der Waals surface area contributed by atoms with Crippen LogP contribution >= 0.6 is 0 Å². The highest BCUT2D eigenvalue weighted by molar-refractivity contribution is 5.83. The summed E-state index contributed by atoms with van der Waals surface area (Å²) in [6.45, 7) is 6.03. The minimum atomic E-state index is -4.53. The van der Waals surface area contributed by atoms with Crippen LogP contribution in [0.15, 0.2) is 24.3 Å². The molecule has 1 aromatic heterocycles. The molecular formula is C20H23F3N4. The van der Waals surface area contributed by atoms with Gasteiger partial charge in [-0.25, -0.2) is 9.97 Å². The molecule has 0 amide bonds. The summed E-state index contributed by atoms with van der Waals surface area (Å²) in [4.78, 5) is 9.82. The summed E-state index contributed by atoms with van der Waals surface area (Å²) in [5.74, 6) is -0.342. The summed E-state index contributed by atoms with van der Waals surface area (Å²) in [5, 5.41) is 0. The van der Waals surface area contributed by atoms with E-state index in [0.29, 0.717) is 25.0 Å². The topological polar surface area (TPSA) is 55.0 Å². The number of fused-ring (bicyclic) bond motifs is 1. The first-order valence-electron chi connectivity index (χ1n) is 9.13. The van der Waals surface area contributed by atoms with E-state index in [-0.39, 0.29) is 11.5 Å². The van der Waals surface area contributed by atoms with Gasteiger partial charge in [0.15, 0.2) is 5.69 Å². The largest absolute Gasteiger partial charge is 0.433 e. The van der Waals surface area contributed by atoms with E-state index in [9.17, 15) is 13.2 Å². The number of hydrogen-bond donors (Lipinski definition) is 1. The highest BCUT2D eigenvalue weighted by Gasteiger charge is 2.38. The second-order valence-electron chi connectivity index (χ2n) is 6.54. The summed E-state index contributed by atoms with van der Waals surface area (Å²) in [6.07, 6.45) is -1.03. The van der Waals surface area contributed by atoms with Gasteiger partial charge in [-0.3, -0.25) is 0 Å². The van der Waals surface area contributed by atoms with Gasteiger partial charge < -0.3 is 10.6 Å². The Hall–Kier alpha value is -2.57.